The first-order chi connectivity index (χ1) is 13.6. The smallest absolute Gasteiger partial charge is 0.340 e. The Morgan fingerprint density at radius 2 is 1.93 bits per heavy atom. The van der Waals surface area contributed by atoms with Crippen LogP contribution < -0.4 is 0 Å². The number of unbranched alkanes of at least 4 members (excludes halogenated alkanes) is 1. The summed E-state index contributed by atoms with van der Waals surface area (Å²) in [6.07, 6.45) is 1.90. The molecule has 4 heteroatoms. The van der Waals surface area contributed by atoms with E-state index in [4.69, 9.17) is 4.74 Å². The van der Waals surface area contributed by atoms with E-state index in [1.807, 2.05) is 0 Å². The van der Waals surface area contributed by atoms with Crippen LogP contribution in [0.25, 0.3) is 31.0 Å². The van der Waals surface area contributed by atoms with E-state index in [1.54, 1.807) is 22.7 Å². The van der Waals surface area contributed by atoms with Crippen molar-refractivity contribution in [1.29, 1.82) is 0 Å². The second kappa shape index (κ2) is 8.06. The fourth-order valence-corrected chi connectivity index (χ4v) is 5.51. The second-order valence-corrected chi connectivity index (χ2v) is 9.35. The molecule has 2 aromatic heterocycles. The minimum absolute atomic E-state index is 0.200. The summed E-state index contributed by atoms with van der Waals surface area (Å²) in [6.45, 7) is 6.94. The molecule has 0 aliphatic heterocycles. The number of carbonyl (C=O) groups is 1. The Morgan fingerprint density at radius 3 is 2.64 bits per heavy atom. The first kappa shape index (κ1) is 19.2. The third-order valence-electron chi connectivity index (χ3n) is 5.04. The number of hydrogen-bond acceptors (Lipinski definition) is 4. The van der Waals surface area contributed by atoms with Gasteiger partial charge in [0.1, 0.15) is 0 Å². The Morgan fingerprint density at radius 1 is 1.07 bits per heavy atom. The van der Waals surface area contributed by atoms with Crippen LogP contribution in [0.3, 0.4) is 0 Å². The molecular weight excluding hydrogens is 384 g/mol. The van der Waals surface area contributed by atoms with Crippen LogP contribution >= 0.6 is 22.7 Å². The molecular formula is C24H24O2S2. The van der Waals surface area contributed by atoms with Crippen molar-refractivity contribution in [3.8, 4) is 20.9 Å². The van der Waals surface area contributed by atoms with Gasteiger partial charge in [-0.2, -0.15) is 0 Å². The summed E-state index contributed by atoms with van der Waals surface area (Å²) >= 11 is 3.43. The van der Waals surface area contributed by atoms with Gasteiger partial charge in [-0.05, 0) is 52.6 Å². The zero-order valence-electron chi connectivity index (χ0n) is 16.5. The van der Waals surface area contributed by atoms with E-state index >= 15 is 0 Å². The van der Waals surface area contributed by atoms with Crippen molar-refractivity contribution in [2.45, 2.75) is 39.5 Å². The monoisotopic (exact) mass is 408 g/mol. The van der Waals surface area contributed by atoms with Crippen molar-refractivity contribution < 1.29 is 9.53 Å². The van der Waals surface area contributed by atoms with Crippen molar-refractivity contribution in [1.82, 2.24) is 0 Å². The molecule has 2 aliphatic rings. The average Bonchev–Trinajstić information content (AvgIpc) is 3.34. The van der Waals surface area contributed by atoms with E-state index < -0.39 is 0 Å². The van der Waals surface area contributed by atoms with E-state index in [-0.39, 0.29) is 5.97 Å². The van der Waals surface area contributed by atoms with Crippen molar-refractivity contribution in [2.24, 2.45) is 0 Å². The Hall–Kier alpha value is -2.17. The van der Waals surface area contributed by atoms with Gasteiger partial charge in [0, 0.05) is 15.1 Å². The Bertz CT molecular complexity index is 1070. The van der Waals surface area contributed by atoms with Gasteiger partial charge < -0.3 is 4.74 Å². The highest BCUT2D eigenvalue weighted by Crippen LogP contribution is 2.47. The van der Waals surface area contributed by atoms with Crippen LogP contribution in [-0.2, 0) is 4.74 Å². The van der Waals surface area contributed by atoms with Gasteiger partial charge >= 0.3 is 5.97 Å². The summed E-state index contributed by atoms with van der Waals surface area (Å²) in [5.74, 6) is 0.197. The van der Waals surface area contributed by atoms with Crippen LogP contribution in [0.1, 0.15) is 55.5 Å². The molecule has 0 bridgehead atoms. The zero-order valence-corrected chi connectivity index (χ0v) is 18.1. The summed E-state index contributed by atoms with van der Waals surface area (Å²) in [5.41, 5.74) is 4.10. The molecule has 0 unspecified atom stereocenters. The van der Waals surface area contributed by atoms with E-state index in [9.17, 15) is 4.79 Å². The summed E-state index contributed by atoms with van der Waals surface area (Å²) in [7, 11) is 0. The lowest BCUT2D eigenvalue weighted by Gasteiger charge is -2.07. The topological polar surface area (TPSA) is 26.3 Å². The highest BCUT2D eigenvalue weighted by molar-refractivity contribution is 7.26. The summed E-state index contributed by atoms with van der Waals surface area (Å²) in [4.78, 5) is 15.5. The SMILES string of the molecule is CCCCOC(=O)c1c2cc(C(C)C)cccc-2c2cc(-c3cccs3)sc12. The van der Waals surface area contributed by atoms with E-state index in [0.717, 1.165) is 39.6 Å². The molecule has 0 saturated carbocycles. The fourth-order valence-electron chi connectivity index (χ4n) is 3.46. The van der Waals surface area contributed by atoms with Crippen LogP contribution in [0, 0.1) is 0 Å². The highest BCUT2D eigenvalue weighted by Gasteiger charge is 2.26. The minimum atomic E-state index is -0.200. The molecule has 0 radical (unpaired) electrons. The maximum absolute atomic E-state index is 13.1. The number of rotatable bonds is 6. The summed E-state index contributed by atoms with van der Waals surface area (Å²) in [6, 6.07) is 15.0. The molecule has 0 fully saturated rings. The Kier molecular flexibility index (Phi) is 5.51. The first-order valence-corrected chi connectivity index (χ1v) is 11.5. The maximum atomic E-state index is 13.1. The summed E-state index contributed by atoms with van der Waals surface area (Å²) < 4.78 is 6.69. The van der Waals surface area contributed by atoms with Gasteiger partial charge in [0.25, 0.3) is 0 Å². The molecule has 0 saturated heterocycles. The van der Waals surface area contributed by atoms with E-state index in [2.05, 4.69) is 68.6 Å². The van der Waals surface area contributed by atoms with Crippen LogP contribution in [0.5, 0.6) is 0 Å². The standard InChI is InChI=1S/C24H24O2S2/c1-4-5-11-26-24(25)22-18-13-16(15(2)3)8-6-9-17(18)19-14-21(28-23(19)22)20-10-7-12-27-20/h6-10,12-15H,4-5,11H2,1-3H3. The minimum Gasteiger partial charge on any atom is -0.462 e. The normalized spacial score (nSPS) is 11.6. The summed E-state index contributed by atoms with van der Waals surface area (Å²) in [5, 5.41) is 3.24. The average molecular weight is 409 g/mol. The first-order valence-electron chi connectivity index (χ1n) is 9.80. The number of esters is 1. The van der Waals surface area contributed by atoms with E-state index in [0.29, 0.717) is 12.5 Å². The lowest BCUT2D eigenvalue weighted by Crippen LogP contribution is -2.06. The van der Waals surface area contributed by atoms with Gasteiger partial charge in [0.15, 0.2) is 0 Å². The maximum Gasteiger partial charge on any atom is 0.340 e. The molecule has 4 rings (SSSR count). The molecule has 2 aromatic rings. The fraction of sp³-hybridized carbons (Fsp3) is 0.292. The van der Waals surface area contributed by atoms with Crippen LogP contribution in [0.4, 0.5) is 0 Å². The molecule has 0 amide bonds. The van der Waals surface area contributed by atoms with Crippen molar-refractivity contribution in [2.75, 3.05) is 6.61 Å². The van der Waals surface area contributed by atoms with Gasteiger partial charge in [-0.25, -0.2) is 4.79 Å². The molecule has 2 heterocycles. The number of fused-ring (bicyclic) bond motifs is 3. The number of carbonyl (C=O) groups excluding carboxylic acids is 1. The lowest BCUT2D eigenvalue weighted by molar-refractivity contribution is 0.0503. The molecule has 2 aliphatic carbocycles. The van der Waals surface area contributed by atoms with Crippen molar-refractivity contribution in [3.05, 3.63) is 59.0 Å². The molecule has 2 nitrogen and oxygen atoms in total. The largest absolute Gasteiger partial charge is 0.462 e. The van der Waals surface area contributed by atoms with Gasteiger partial charge in [-0.1, -0.05) is 51.5 Å². The number of hydrogen-bond donors (Lipinski definition) is 0. The quantitative estimate of drug-likeness (QED) is 0.240. The molecule has 144 valence electrons. The third kappa shape index (κ3) is 3.47. The van der Waals surface area contributed by atoms with Gasteiger partial charge in [0.2, 0.25) is 0 Å². The van der Waals surface area contributed by atoms with Crippen LogP contribution in [0.2, 0.25) is 0 Å². The van der Waals surface area contributed by atoms with Gasteiger partial charge in [0.05, 0.1) is 16.9 Å². The van der Waals surface area contributed by atoms with Crippen LogP contribution in [-0.4, -0.2) is 12.6 Å². The Balaban J connectivity index is 1.92. The number of thiophene rings is 2. The van der Waals surface area contributed by atoms with Crippen LogP contribution in [0.15, 0.2) is 47.8 Å². The third-order valence-corrected chi connectivity index (χ3v) is 7.26. The van der Waals surface area contributed by atoms with Crippen molar-refractivity contribution >= 4 is 38.7 Å². The predicted molar refractivity (Wildman–Crippen MR) is 121 cm³/mol. The van der Waals surface area contributed by atoms with Gasteiger partial charge in [-0.3, -0.25) is 0 Å². The van der Waals surface area contributed by atoms with Crippen molar-refractivity contribution in [3.63, 3.8) is 0 Å². The molecule has 0 spiro atoms. The molecule has 28 heavy (non-hydrogen) atoms. The molecule has 0 aromatic carbocycles. The Labute approximate surface area is 174 Å². The number of ether oxygens (including phenoxy) is 1. The zero-order chi connectivity index (χ0) is 19.7. The lowest BCUT2D eigenvalue weighted by atomic mass is 10.0. The molecule has 0 atom stereocenters. The highest BCUT2D eigenvalue weighted by atomic mass is 32.1. The predicted octanol–water partition coefficient (Wildman–Crippen LogP) is 7.81. The second-order valence-electron chi connectivity index (χ2n) is 7.35. The molecule has 0 N–H and O–H groups in total. The van der Waals surface area contributed by atoms with Gasteiger partial charge in [-0.15, -0.1) is 22.7 Å². The van der Waals surface area contributed by atoms with E-state index in [1.165, 1.54) is 15.3 Å².